The van der Waals surface area contributed by atoms with Crippen molar-refractivity contribution in [1.82, 2.24) is 4.72 Å². The van der Waals surface area contributed by atoms with Gasteiger partial charge in [-0.3, -0.25) is 0 Å². The molecule has 3 aromatic carbocycles. The third-order valence-electron chi connectivity index (χ3n) is 5.90. The molecule has 3 aromatic rings. The highest BCUT2D eigenvalue weighted by Crippen LogP contribution is 2.34. The molecule has 0 spiro atoms. The van der Waals surface area contributed by atoms with Crippen LogP contribution in [0.3, 0.4) is 0 Å². The normalized spacial score (nSPS) is 12.2. The number of hydrogen-bond acceptors (Lipinski definition) is 4. The molecule has 0 heterocycles. The lowest BCUT2D eigenvalue weighted by Crippen LogP contribution is -2.35. The first kappa shape index (κ1) is 27.4. The molecule has 3 N–H and O–H groups in total. The van der Waals surface area contributed by atoms with E-state index < -0.39 is 27.5 Å². The van der Waals surface area contributed by atoms with Gasteiger partial charge in [0.2, 0.25) is 0 Å². The maximum Gasteiger partial charge on any atom is 0.333 e. The first-order valence-electron chi connectivity index (χ1n) is 11.8. The van der Waals surface area contributed by atoms with Crippen LogP contribution in [0.15, 0.2) is 65.6 Å². The van der Waals surface area contributed by atoms with Crippen LogP contribution in [-0.4, -0.2) is 19.6 Å². The molecule has 0 aliphatic heterocycles. The summed E-state index contributed by atoms with van der Waals surface area (Å²) in [5.41, 5.74) is 1.95. The molecule has 0 aliphatic rings. The van der Waals surface area contributed by atoms with Gasteiger partial charge in [-0.05, 0) is 83.8 Å². The van der Waals surface area contributed by atoms with Gasteiger partial charge in [0.05, 0.1) is 10.5 Å². The second-order valence-corrected chi connectivity index (χ2v) is 11.7. The van der Waals surface area contributed by atoms with Crippen LogP contribution in [0.25, 0.3) is 11.1 Å². The van der Waals surface area contributed by atoms with Crippen LogP contribution in [0.1, 0.15) is 70.1 Å². The summed E-state index contributed by atoms with van der Waals surface area (Å²) in [6.07, 6.45) is 0. The zero-order valence-electron chi connectivity index (χ0n) is 21.4. The molecule has 192 valence electrons. The topological polar surface area (TPSA) is 95.5 Å². The smallest absolute Gasteiger partial charge is 0.333 e. The Labute approximate surface area is 212 Å². The van der Waals surface area contributed by atoms with E-state index in [1.807, 2.05) is 58.0 Å². The van der Waals surface area contributed by atoms with Gasteiger partial charge in [-0.25, -0.2) is 22.3 Å². The molecule has 6 nitrogen and oxygen atoms in total. The van der Waals surface area contributed by atoms with E-state index in [0.29, 0.717) is 27.9 Å². The van der Waals surface area contributed by atoms with Crippen molar-refractivity contribution >= 4 is 21.7 Å². The number of nitrogens with one attached hydrogen (secondary N) is 2. The van der Waals surface area contributed by atoms with Crippen molar-refractivity contribution in [2.75, 3.05) is 5.32 Å². The van der Waals surface area contributed by atoms with Crippen molar-refractivity contribution in [3.63, 3.8) is 0 Å². The summed E-state index contributed by atoms with van der Waals surface area (Å²) in [4.78, 5) is 12.8. The van der Waals surface area contributed by atoms with Gasteiger partial charge < -0.3 is 10.4 Å². The van der Waals surface area contributed by atoms with E-state index in [9.17, 15) is 22.7 Å². The number of sulfonamides is 1. The zero-order chi connectivity index (χ0) is 26.8. The molecule has 3 rings (SSSR count). The molecule has 0 atom stereocenters. The minimum absolute atomic E-state index is 0.109. The minimum Gasteiger partial charge on any atom is -0.386 e. The fourth-order valence-corrected chi connectivity index (χ4v) is 4.91. The predicted octanol–water partition coefficient (Wildman–Crippen LogP) is 6.48. The van der Waals surface area contributed by atoms with Crippen molar-refractivity contribution in [3.05, 3.63) is 83.2 Å². The molecule has 0 saturated heterocycles. The highest BCUT2D eigenvalue weighted by Gasteiger charge is 2.25. The lowest BCUT2D eigenvalue weighted by atomic mass is 9.92. The number of amides is 2. The molecule has 0 aliphatic carbocycles. The molecule has 0 saturated carbocycles. The molecule has 0 aromatic heterocycles. The van der Waals surface area contributed by atoms with Crippen molar-refractivity contribution in [2.24, 2.45) is 0 Å². The van der Waals surface area contributed by atoms with Gasteiger partial charge in [0.15, 0.2) is 0 Å². The lowest BCUT2D eigenvalue weighted by molar-refractivity contribution is 0.0784. The van der Waals surface area contributed by atoms with Gasteiger partial charge in [-0.1, -0.05) is 58.0 Å². The van der Waals surface area contributed by atoms with Crippen LogP contribution in [0.4, 0.5) is 14.9 Å². The Kier molecular flexibility index (Phi) is 7.91. The van der Waals surface area contributed by atoms with Crippen molar-refractivity contribution in [1.29, 1.82) is 0 Å². The molecule has 0 unspecified atom stereocenters. The fourth-order valence-electron chi connectivity index (χ4n) is 3.93. The second kappa shape index (κ2) is 10.4. The first-order chi connectivity index (χ1) is 16.7. The highest BCUT2D eigenvalue weighted by molar-refractivity contribution is 7.90. The number of urea groups is 1. The average molecular weight is 513 g/mol. The van der Waals surface area contributed by atoms with Crippen LogP contribution in [0, 0.1) is 5.82 Å². The standard InChI is InChI=1S/C28H33FN2O4S/c1-17(2)24-15-22(29)16-25(18(3)4)26(24)30-27(32)31-36(34,35)23-13-20(19-10-8-7-9-11-19)12-21(14-23)28(5,6)33/h7-18,33H,1-6H3,(H2,30,31,32). The van der Waals surface area contributed by atoms with Crippen molar-refractivity contribution in [2.45, 2.75) is 63.9 Å². The predicted molar refractivity (Wildman–Crippen MR) is 141 cm³/mol. The number of rotatable bonds is 7. The Bertz CT molecular complexity index is 1330. The summed E-state index contributed by atoms with van der Waals surface area (Å²) < 4.78 is 42.8. The monoisotopic (exact) mass is 512 g/mol. The summed E-state index contributed by atoms with van der Waals surface area (Å²) in [7, 11) is -4.31. The van der Waals surface area contributed by atoms with Gasteiger partial charge >= 0.3 is 6.03 Å². The Balaban J connectivity index is 2.00. The molecule has 8 heteroatoms. The lowest BCUT2D eigenvalue weighted by Gasteiger charge is -2.22. The number of hydrogen-bond donors (Lipinski definition) is 3. The van der Waals surface area contributed by atoms with Crippen LogP contribution >= 0.6 is 0 Å². The minimum atomic E-state index is -4.31. The largest absolute Gasteiger partial charge is 0.386 e. The van der Waals surface area contributed by atoms with E-state index in [4.69, 9.17) is 0 Å². The summed E-state index contributed by atoms with van der Waals surface area (Å²) in [6, 6.07) is 15.4. The van der Waals surface area contributed by atoms with Crippen LogP contribution in [0.5, 0.6) is 0 Å². The van der Waals surface area contributed by atoms with Crippen LogP contribution in [0.2, 0.25) is 0 Å². The summed E-state index contributed by atoms with van der Waals surface area (Å²) >= 11 is 0. The fraction of sp³-hybridized carbons (Fsp3) is 0.321. The van der Waals surface area contributed by atoms with Crippen LogP contribution < -0.4 is 10.0 Å². The first-order valence-corrected chi connectivity index (χ1v) is 13.3. The van der Waals surface area contributed by atoms with E-state index >= 15 is 0 Å². The van der Waals surface area contributed by atoms with E-state index in [0.717, 1.165) is 5.56 Å². The highest BCUT2D eigenvalue weighted by atomic mass is 32.2. The van der Waals surface area contributed by atoms with Crippen molar-refractivity contribution < 1.29 is 22.7 Å². The SMILES string of the molecule is CC(C)c1cc(F)cc(C(C)C)c1NC(=O)NS(=O)(=O)c1cc(-c2ccccc2)cc(C(C)(C)O)c1. The summed E-state index contributed by atoms with van der Waals surface area (Å²) in [5.74, 6) is -0.637. The van der Waals surface area contributed by atoms with E-state index in [1.165, 1.54) is 24.3 Å². The number of anilines is 1. The van der Waals surface area contributed by atoms with Gasteiger partial charge in [-0.2, -0.15) is 0 Å². The third-order valence-corrected chi connectivity index (χ3v) is 7.21. The number of aliphatic hydroxyl groups is 1. The Hall–Kier alpha value is -3.23. The van der Waals surface area contributed by atoms with Gasteiger partial charge in [0.25, 0.3) is 10.0 Å². The molecule has 0 radical (unpaired) electrons. The van der Waals surface area contributed by atoms with Gasteiger partial charge in [-0.15, -0.1) is 0 Å². The van der Waals surface area contributed by atoms with E-state index in [-0.39, 0.29) is 16.7 Å². The van der Waals surface area contributed by atoms with E-state index in [2.05, 4.69) is 10.0 Å². The maximum atomic E-state index is 14.2. The quantitative estimate of drug-likeness (QED) is 0.338. The molecule has 2 amide bonds. The van der Waals surface area contributed by atoms with Crippen LogP contribution in [-0.2, 0) is 15.6 Å². The molecule has 0 fully saturated rings. The summed E-state index contributed by atoms with van der Waals surface area (Å²) in [5, 5.41) is 13.2. The molecule has 0 bridgehead atoms. The Morgan fingerprint density at radius 2 is 1.44 bits per heavy atom. The Morgan fingerprint density at radius 3 is 1.94 bits per heavy atom. The zero-order valence-corrected chi connectivity index (χ0v) is 22.2. The number of carbonyl (C=O) groups is 1. The average Bonchev–Trinajstić information content (AvgIpc) is 2.79. The second-order valence-electron chi connectivity index (χ2n) is 10.00. The summed E-state index contributed by atoms with van der Waals surface area (Å²) in [6.45, 7) is 10.6. The van der Waals surface area contributed by atoms with Gasteiger partial charge in [0.1, 0.15) is 5.82 Å². The number of carbonyl (C=O) groups excluding carboxylic acids is 1. The Morgan fingerprint density at radius 1 is 0.889 bits per heavy atom. The molecular weight excluding hydrogens is 479 g/mol. The third kappa shape index (κ3) is 6.30. The van der Waals surface area contributed by atoms with E-state index in [1.54, 1.807) is 19.9 Å². The number of benzene rings is 3. The molecular formula is C28H33FN2O4S. The van der Waals surface area contributed by atoms with Crippen molar-refractivity contribution in [3.8, 4) is 11.1 Å². The van der Waals surface area contributed by atoms with Gasteiger partial charge in [0, 0.05) is 5.69 Å². The number of halogens is 1. The molecule has 36 heavy (non-hydrogen) atoms. The maximum absolute atomic E-state index is 14.2.